The Hall–Kier alpha value is -1.51. The van der Waals surface area contributed by atoms with Gasteiger partial charge in [0.25, 0.3) is 0 Å². The van der Waals surface area contributed by atoms with Crippen LogP contribution in [0.1, 0.15) is 31.9 Å². The van der Waals surface area contributed by atoms with Crippen molar-refractivity contribution in [1.29, 1.82) is 0 Å². The van der Waals surface area contributed by atoms with Crippen molar-refractivity contribution in [1.82, 2.24) is 5.32 Å². The average Bonchev–Trinajstić information content (AvgIpc) is 2.90. The summed E-state index contributed by atoms with van der Waals surface area (Å²) < 4.78 is 5.26. The third-order valence-electron chi connectivity index (χ3n) is 3.05. The highest BCUT2D eigenvalue weighted by atomic mass is 16.3. The molecule has 1 heterocycles. The molecule has 1 aromatic rings. The Balaban J connectivity index is 1.72. The summed E-state index contributed by atoms with van der Waals surface area (Å²) >= 11 is 0. The minimum Gasteiger partial charge on any atom is -0.469 e. The maximum Gasteiger partial charge on any atom is 0.220 e. The molecule has 17 heavy (non-hydrogen) atoms. The summed E-state index contributed by atoms with van der Waals surface area (Å²) in [6, 6.07) is 3.93. The molecular formula is C14H19NO2. The van der Waals surface area contributed by atoms with E-state index in [1.54, 1.807) is 6.26 Å². The van der Waals surface area contributed by atoms with Crippen molar-refractivity contribution in [2.75, 3.05) is 0 Å². The third-order valence-corrected chi connectivity index (χ3v) is 3.05. The first-order valence-corrected chi connectivity index (χ1v) is 6.22. The Morgan fingerprint density at radius 3 is 3.18 bits per heavy atom. The van der Waals surface area contributed by atoms with E-state index in [1.165, 1.54) is 0 Å². The zero-order valence-electron chi connectivity index (χ0n) is 10.2. The molecule has 0 saturated heterocycles. The Kier molecular flexibility index (Phi) is 4.02. The lowest BCUT2D eigenvalue weighted by molar-refractivity contribution is -0.122. The van der Waals surface area contributed by atoms with Crippen LogP contribution in [-0.2, 0) is 11.2 Å². The molecule has 1 aliphatic carbocycles. The first kappa shape index (κ1) is 12.0. The van der Waals surface area contributed by atoms with Crippen LogP contribution in [0.4, 0.5) is 0 Å². The van der Waals surface area contributed by atoms with Crippen LogP contribution in [0, 0.1) is 5.92 Å². The third kappa shape index (κ3) is 3.77. The van der Waals surface area contributed by atoms with Gasteiger partial charge >= 0.3 is 0 Å². The Morgan fingerprint density at radius 1 is 1.65 bits per heavy atom. The first-order chi connectivity index (χ1) is 8.24. The van der Waals surface area contributed by atoms with Gasteiger partial charge in [-0.05, 0) is 37.8 Å². The summed E-state index contributed by atoms with van der Waals surface area (Å²) in [5, 5.41) is 3.01. The normalized spacial score (nSPS) is 20.4. The monoisotopic (exact) mass is 233 g/mol. The van der Waals surface area contributed by atoms with Crippen LogP contribution in [0.3, 0.4) is 0 Å². The smallest absolute Gasteiger partial charge is 0.220 e. The molecule has 0 aliphatic heterocycles. The van der Waals surface area contributed by atoms with Crippen molar-refractivity contribution in [3.05, 3.63) is 36.3 Å². The SMILES string of the molecule is CC(Cc1ccco1)NC(=O)CC1C=CCC1. The fraction of sp³-hybridized carbons (Fsp3) is 0.500. The number of allylic oxidation sites excluding steroid dienone is 2. The van der Waals surface area contributed by atoms with Crippen molar-refractivity contribution in [3.8, 4) is 0 Å². The Morgan fingerprint density at radius 2 is 2.53 bits per heavy atom. The van der Waals surface area contributed by atoms with Gasteiger partial charge in [0, 0.05) is 18.9 Å². The number of carbonyl (C=O) groups is 1. The van der Waals surface area contributed by atoms with Gasteiger partial charge in [-0.25, -0.2) is 0 Å². The van der Waals surface area contributed by atoms with E-state index in [-0.39, 0.29) is 11.9 Å². The summed E-state index contributed by atoms with van der Waals surface area (Å²) in [5.74, 6) is 1.49. The van der Waals surface area contributed by atoms with Gasteiger partial charge in [0.05, 0.1) is 6.26 Å². The number of rotatable bonds is 5. The molecule has 92 valence electrons. The van der Waals surface area contributed by atoms with E-state index in [0.29, 0.717) is 12.3 Å². The van der Waals surface area contributed by atoms with Crippen LogP contribution in [0.2, 0.25) is 0 Å². The van der Waals surface area contributed by atoms with Crippen molar-refractivity contribution in [3.63, 3.8) is 0 Å². The van der Waals surface area contributed by atoms with Crippen molar-refractivity contribution < 1.29 is 9.21 Å². The van der Waals surface area contributed by atoms with Crippen LogP contribution >= 0.6 is 0 Å². The highest BCUT2D eigenvalue weighted by molar-refractivity contribution is 5.76. The quantitative estimate of drug-likeness (QED) is 0.794. The van der Waals surface area contributed by atoms with E-state index in [9.17, 15) is 4.79 Å². The molecule has 2 atom stereocenters. The summed E-state index contributed by atoms with van der Waals surface area (Å²) in [5.41, 5.74) is 0. The minimum absolute atomic E-state index is 0.124. The average molecular weight is 233 g/mol. The lowest BCUT2D eigenvalue weighted by Crippen LogP contribution is -2.34. The number of carbonyl (C=O) groups excluding carboxylic acids is 1. The van der Waals surface area contributed by atoms with Gasteiger partial charge in [-0.3, -0.25) is 4.79 Å². The molecule has 1 aliphatic rings. The second kappa shape index (κ2) is 5.71. The fourth-order valence-electron chi connectivity index (χ4n) is 2.22. The van der Waals surface area contributed by atoms with Gasteiger partial charge in [0.2, 0.25) is 5.91 Å². The zero-order valence-corrected chi connectivity index (χ0v) is 10.2. The summed E-state index contributed by atoms with van der Waals surface area (Å²) in [6.45, 7) is 2.00. The van der Waals surface area contributed by atoms with Crippen molar-refractivity contribution >= 4 is 5.91 Å². The van der Waals surface area contributed by atoms with Crippen LogP contribution in [-0.4, -0.2) is 11.9 Å². The number of hydrogen-bond acceptors (Lipinski definition) is 2. The van der Waals surface area contributed by atoms with E-state index in [2.05, 4.69) is 17.5 Å². The summed E-state index contributed by atoms with van der Waals surface area (Å²) in [6.07, 6.45) is 9.55. The van der Waals surface area contributed by atoms with Gasteiger partial charge < -0.3 is 9.73 Å². The second-order valence-corrected chi connectivity index (χ2v) is 4.72. The van der Waals surface area contributed by atoms with Crippen LogP contribution in [0.25, 0.3) is 0 Å². The van der Waals surface area contributed by atoms with Gasteiger partial charge in [-0.15, -0.1) is 0 Å². The van der Waals surface area contributed by atoms with Crippen LogP contribution in [0.15, 0.2) is 35.0 Å². The molecular weight excluding hydrogens is 214 g/mol. The molecule has 3 nitrogen and oxygen atoms in total. The molecule has 1 aromatic heterocycles. The molecule has 0 radical (unpaired) electrons. The molecule has 0 bridgehead atoms. The predicted molar refractivity (Wildman–Crippen MR) is 66.5 cm³/mol. The first-order valence-electron chi connectivity index (χ1n) is 6.22. The molecule has 2 rings (SSSR count). The maximum absolute atomic E-state index is 11.8. The van der Waals surface area contributed by atoms with E-state index in [0.717, 1.165) is 25.0 Å². The van der Waals surface area contributed by atoms with Gasteiger partial charge in [0.1, 0.15) is 5.76 Å². The van der Waals surface area contributed by atoms with E-state index < -0.39 is 0 Å². The van der Waals surface area contributed by atoms with Crippen molar-refractivity contribution in [2.45, 2.75) is 38.6 Å². The molecule has 1 N–H and O–H groups in total. The second-order valence-electron chi connectivity index (χ2n) is 4.72. The van der Waals surface area contributed by atoms with Crippen LogP contribution in [0.5, 0.6) is 0 Å². The summed E-state index contributed by atoms with van der Waals surface area (Å²) in [7, 11) is 0. The molecule has 0 aromatic carbocycles. The van der Waals surface area contributed by atoms with E-state index >= 15 is 0 Å². The Labute approximate surface area is 102 Å². The van der Waals surface area contributed by atoms with Gasteiger partial charge in [-0.1, -0.05) is 12.2 Å². The largest absolute Gasteiger partial charge is 0.469 e. The van der Waals surface area contributed by atoms with E-state index in [4.69, 9.17) is 4.42 Å². The van der Waals surface area contributed by atoms with Gasteiger partial charge in [-0.2, -0.15) is 0 Å². The fourth-order valence-corrected chi connectivity index (χ4v) is 2.22. The summed E-state index contributed by atoms with van der Waals surface area (Å²) in [4.78, 5) is 11.8. The Bertz CT molecular complexity index is 381. The zero-order chi connectivity index (χ0) is 12.1. The lowest BCUT2D eigenvalue weighted by Gasteiger charge is -2.14. The lowest BCUT2D eigenvalue weighted by atomic mass is 10.0. The maximum atomic E-state index is 11.8. The van der Waals surface area contributed by atoms with E-state index in [1.807, 2.05) is 19.1 Å². The minimum atomic E-state index is 0.124. The molecule has 0 saturated carbocycles. The standard InChI is InChI=1S/C14H19NO2/c1-11(9-13-7-4-8-17-13)15-14(16)10-12-5-2-3-6-12/h2,4-5,7-8,11-12H,3,6,9-10H2,1H3,(H,15,16). The van der Waals surface area contributed by atoms with Gasteiger partial charge in [0.15, 0.2) is 0 Å². The molecule has 3 heteroatoms. The number of nitrogens with one attached hydrogen (secondary N) is 1. The number of amides is 1. The number of hydrogen-bond donors (Lipinski definition) is 1. The molecule has 1 amide bonds. The van der Waals surface area contributed by atoms with Crippen molar-refractivity contribution in [2.24, 2.45) is 5.92 Å². The molecule has 0 fully saturated rings. The number of furan rings is 1. The topological polar surface area (TPSA) is 42.2 Å². The molecule has 0 spiro atoms. The predicted octanol–water partition coefficient (Wildman–Crippen LogP) is 2.68. The van der Waals surface area contributed by atoms with Crippen LogP contribution < -0.4 is 5.32 Å². The molecule has 2 unspecified atom stereocenters. The highest BCUT2D eigenvalue weighted by Gasteiger charge is 2.15. The highest BCUT2D eigenvalue weighted by Crippen LogP contribution is 2.20.